The smallest absolute Gasteiger partial charge is 0.191 e. The molecule has 0 aliphatic rings. The van der Waals surface area contributed by atoms with Crippen LogP contribution in [0.3, 0.4) is 0 Å². The molecular formula is C18H24FN3O2. The molecule has 2 unspecified atom stereocenters. The third-order valence-corrected chi connectivity index (χ3v) is 3.46. The minimum atomic E-state index is -0.312. The first-order valence-electron chi connectivity index (χ1n) is 7.93. The van der Waals surface area contributed by atoms with E-state index in [1.54, 1.807) is 19.2 Å². The Morgan fingerprint density at radius 1 is 1.29 bits per heavy atom. The van der Waals surface area contributed by atoms with Gasteiger partial charge in [0, 0.05) is 13.1 Å². The SMILES string of the molecule is CN=C(NCC(C)Oc1cccc(F)c1)NC(C)c1ccc(C)o1. The molecule has 2 atom stereocenters. The molecule has 0 spiro atoms. The number of aliphatic imine (C=N–C) groups is 1. The van der Waals surface area contributed by atoms with E-state index in [1.807, 2.05) is 32.9 Å². The van der Waals surface area contributed by atoms with E-state index >= 15 is 0 Å². The summed E-state index contributed by atoms with van der Waals surface area (Å²) >= 11 is 0. The Balaban J connectivity index is 1.82. The fourth-order valence-electron chi connectivity index (χ4n) is 2.21. The molecule has 1 aromatic carbocycles. The third kappa shape index (κ3) is 5.30. The van der Waals surface area contributed by atoms with E-state index in [9.17, 15) is 4.39 Å². The lowest BCUT2D eigenvalue weighted by molar-refractivity contribution is 0.223. The molecule has 0 bridgehead atoms. The standard InChI is InChI=1S/C18H24FN3O2/c1-12-8-9-17(24-12)14(3)22-18(20-4)21-11-13(2)23-16-7-5-6-15(19)10-16/h5-10,13-14H,11H2,1-4H3,(H2,20,21,22). The minimum absolute atomic E-state index is 0.00987. The van der Waals surface area contributed by atoms with Gasteiger partial charge in [0.2, 0.25) is 0 Å². The summed E-state index contributed by atoms with van der Waals surface area (Å²) in [4.78, 5) is 4.19. The number of ether oxygens (including phenoxy) is 1. The summed E-state index contributed by atoms with van der Waals surface area (Å²) in [6, 6.07) is 9.97. The summed E-state index contributed by atoms with van der Waals surface area (Å²) in [5, 5.41) is 6.44. The summed E-state index contributed by atoms with van der Waals surface area (Å²) in [6.45, 7) is 6.34. The van der Waals surface area contributed by atoms with Crippen LogP contribution in [0.4, 0.5) is 4.39 Å². The first-order valence-corrected chi connectivity index (χ1v) is 7.93. The molecule has 2 N–H and O–H groups in total. The van der Waals surface area contributed by atoms with Crippen LogP contribution in [0.15, 0.2) is 45.8 Å². The van der Waals surface area contributed by atoms with E-state index in [1.165, 1.54) is 12.1 Å². The van der Waals surface area contributed by atoms with Crippen molar-refractivity contribution in [1.82, 2.24) is 10.6 Å². The van der Waals surface area contributed by atoms with Crippen LogP contribution in [0.2, 0.25) is 0 Å². The van der Waals surface area contributed by atoms with Crippen molar-refractivity contribution < 1.29 is 13.5 Å². The summed E-state index contributed by atoms with van der Waals surface area (Å²) in [5.74, 6) is 2.56. The van der Waals surface area contributed by atoms with Gasteiger partial charge in [0.05, 0.1) is 12.6 Å². The van der Waals surface area contributed by atoms with Gasteiger partial charge in [-0.05, 0) is 45.0 Å². The van der Waals surface area contributed by atoms with Crippen LogP contribution in [0, 0.1) is 12.7 Å². The second-order valence-electron chi connectivity index (χ2n) is 5.65. The van der Waals surface area contributed by atoms with Crippen LogP contribution in [0.5, 0.6) is 5.75 Å². The minimum Gasteiger partial charge on any atom is -0.489 e. The fraction of sp³-hybridized carbons (Fsp3) is 0.389. The number of aryl methyl sites for hydroxylation is 1. The molecule has 2 aromatic rings. The summed E-state index contributed by atoms with van der Waals surface area (Å²) in [5.41, 5.74) is 0. The molecule has 0 aliphatic heterocycles. The predicted octanol–water partition coefficient (Wildman–Crippen LogP) is 3.42. The van der Waals surface area contributed by atoms with E-state index in [0.29, 0.717) is 18.3 Å². The van der Waals surface area contributed by atoms with Gasteiger partial charge in [0.1, 0.15) is 29.2 Å². The average molecular weight is 333 g/mol. The first kappa shape index (κ1) is 17.8. The third-order valence-electron chi connectivity index (χ3n) is 3.46. The van der Waals surface area contributed by atoms with E-state index in [4.69, 9.17) is 9.15 Å². The van der Waals surface area contributed by atoms with E-state index in [2.05, 4.69) is 15.6 Å². The predicted molar refractivity (Wildman–Crippen MR) is 92.8 cm³/mol. The Morgan fingerprint density at radius 3 is 2.71 bits per heavy atom. The molecule has 130 valence electrons. The van der Waals surface area contributed by atoms with Crippen molar-refractivity contribution in [2.24, 2.45) is 4.99 Å². The number of halogens is 1. The summed E-state index contributed by atoms with van der Waals surface area (Å²) in [6.07, 6.45) is -0.147. The van der Waals surface area contributed by atoms with E-state index in [0.717, 1.165) is 11.5 Å². The fourth-order valence-corrected chi connectivity index (χ4v) is 2.21. The topological polar surface area (TPSA) is 58.8 Å². The largest absolute Gasteiger partial charge is 0.489 e. The van der Waals surface area contributed by atoms with Crippen molar-refractivity contribution in [3.63, 3.8) is 0 Å². The molecule has 24 heavy (non-hydrogen) atoms. The summed E-state index contributed by atoms with van der Waals surface area (Å²) in [7, 11) is 1.70. The first-order chi connectivity index (χ1) is 11.5. The lowest BCUT2D eigenvalue weighted by Gasteiger charge is -2.19. The Labute approximate surface area is 141 Å². The number of nitrogens with zero attached hydrogens (tertiary/aromatic N) is 1. The molecule has 2 rings (SSSR count). The molecular weight excluding hydrogens is 309 g/mol. The van der Waals surface area contributed by atoms with Crippen molar-refractivity contribution in [2.75, 3.05) is 13.6 Å². The summed E-state index contributed by atoms with van der Waals surface area (Å²) < 4.78 is 24.4. The monoisotopic (exact) mass is 333 g/mol. The van der Waals surface area contributed by atoms with Crippen LogP contribution in [0.25, 0.3) is 0 Å². The van der Waals surface area contributed by atoms with Crippen LogP contribution in [-0.4, -0.2) is 25.7 Å². The molecule has 0 amide bonds. The van der Waals surface area contributed by atoms with Crippen molar-refractivity contribution in [1.29, 1.82) is 0 Å². The lowest BCUT2D eigenvalue weighted by Crippen LogP contribution is -2.42. The molecule has 1 heterocycles. The number of hydrogen-bond acceptors (Lipinski definition) is 3. The van der Waals surface area contributed by atoms with Crippen LogP contribution in [-0.2, 0) is 0 Å². The Morgan fingerprint density at radius 2 is 2.08 bits per heavy atom. The van der Waals surface area contributed by atoms with Gasteiger partial charge in [-0.1, -0.05) is 6.07 Å². The number of furan rings is 1. The van der Waals surface area contributed by atoms with Gasteiger partial charge in [-0.3, -0.25) is 4.99 Å². The van der Waals surface area contributed by atoms with Crippen molar-refractivity contribution in [3.8, 4) is 5.75 Å². The van der Waals surface area contributed by atoms with Gasteiger partial charge >= 0.3 is 0 Å². The molecule has 0 saturated heterocycles. The molecule has 6 heteroatoms. The van der Waals surface area contributed by atoms with Crippen molar-refractivity contribution in [2.45, 2.75) is 32.9 Å². The molecule has 0 radical (unpaired) electrons. The van der Waals surface area contributed by atoms with Gasteiger partial charge in [-0.25, -0.2) is 4.39 Å². The maximum atomic E-state index is 13.2. The highest BCUT2D eigenvalue weighted by molar-refractivity contribution is 5.80. The van der Waals surface area contributed by atoms with Crippen molar-refractivity contribution in [3.05, 3.63) is 53.7 Å². The van der Waals surface area contributed by atoms with Gasteiger partial charge < -0.3 is 19.8 Å². The molecule has 0 fully saturated rings. The number of hydrogen-bond donors (Lipinski definition) is 2. The highest BCUT2D eigenvalue weighted by atomic mass is 19.1. The van der Waals surface area contributed by atoms with Crippen LogP contribution < -0.4 is 15.4 Å². The highest BCUT2D eigenvalue weighted by Gasteiger charge is 2.12. The Hall–Kier alpha value is -2.50. The van der Waals surface area contributed by atoms with Gasteiger partial charge in [-0.15, -0.1) is 0 Å². The molecule has 0 aliphatic carbocycles. The quantitative estimate of drug-likeness (QED) is 0.628. The zero-order valence-corrected chi connectivity index (χ0v) is 14.5. The maximum absolute atomic E-state index is 13.2. The number of rotatable bonds is 6. The van der Waals surface area contributed by atoms with E-state index < -0.39 is 0 Å². The van der Waals surface area contributed by atoms with Gasteiger partial charge in [0.25, 0.3) is 0 Å². The van der Waals surface area contributed by atoms with Gasteiger partial charge in [0.15, 0.2) is 5.96 Å². The normalized spacial score (nSPS) is 14.1. The van der Waals surface area contributed by atoms with Crippen molar-refractivity contribution >= 4 is 5.96 Å². The van der Waals surface area contributed by atoms with Crippen LogP contribution >= 0.6 is 0 Å². The number of nitrogens with one attached hydrogen (secondary N) is 2. The van der Waals surface area contributed by atoms with Crippen LogP contribution in [0.1, 0.15) is 31.4 Å². The van der Waals surface area contributed by atoms with E-state index in [-0.39, 0.29) is 18.0 Å². The second kappa shape index (κ2) is 8.38. The maximum Gasteiger partial charge on any atom is 0.191 e. The Kier molecular flexibility index (Phi) is 6.23. The highest BCUT2D eigenvalue weighted by Crippen LogP contribution is 2.15. The second-order valence-corrected chi connectivity index (χ2v) is 5.65. The Bertz CT molecular complexity index is 684. The number of guanidine groups is 1. The van der Waals surface area contributed by atoms with Gasteiger partial charge in [-0.2, -0.15) is 0 Å². The molecule has 1 aromatic heterocycles. The molecule has 5 nitrogen and oxygen atoms in total. The average Bonchev–Trinajstić information content (AvgIpc) is 2.98. The zero-order chi connectivity index (χ0) is 17.5. The number of benzene rings is 1. The lowest BCUT2D eigenvalue weighted by atomic mass is 10.2. The molecule has 0 saturated carbocycles. The zero-order valence-electron chi connectivity index (χ0n) is 14.5.